The van der Waals surface area contributed by atoms with Crippen LogP contribution in [0.25, 0.3) is 0 Å². The van der Waals surface area contributed by atoms with Crippen LogP contribution >= 0.6 is 11.8 Å². The van der Waals surface area contributed by atoms with E-state index in [1.807, 2.05) is 52.0 Å². The molecule has 0 saturated carbocycles. The molecule has 0 bridgehead atoms. The second-order valence-electron chi connectivity index (χ2n) is 7.53. The van der Waals surface area contributed by atoms with Crippen LogP contribution in [0.3, 0.4) is 0 Å². The van der Waals surface area contributed by atoms with Gasteiger partial charge in [0.1, 0.15) is 5.75 Å². The Hall–Kier alpha value is -2.28. The zero-order chi connectivity index (χ0) is 19.6. The number of hydrogen-bond donors (Lipinski definition) is 1. The van der Waals surface area contributed by atoms with Crippen LogP contribution in [0, 0.1) is 0 Å². The molecule has 0 spiro atoms. The maximum absolute atomic E-state index is 12.6. The van der Waals surface area contributed by atoms with E-state index in [4.69, 9.17) is 4.74 Å². The lowest BCUT2D eigenvalue weighted by Crippen LogP contribution is -2.29. The minimum absolute atomic E-state index is 0.0950. The van der Waals surface area contributed by atoms with Crippen molar-refractivity contribution < 1.29 is 9.53 Å². The third-order valence-electron chi connectivity index (χ3n) is 4.34. The van der Waals surface area contributed by atoms with Crippen molar-refractivity contribution >= 4 is 23.4 Å². The molecule has 1 unspecified atom stereocenters. The number of thioether (sulfide) groups is 1. The van der Waals surface area contributed by atoms with Crippen molar-refractivity contribution in [2.45, 2.75) is 50.7 Å². The fraction of sp³-hybridized carbons (Fsp3) is 0.450. The fourth-order valence-corrected chi connectivity index (χ4v) is 4.10. The number of fused-ring (bicyclic) bond motifs is 1. The Morgan fingerprint density at radius 3 is 2.81 bits per heavy atom. The third kappa shape index (κ3) is 4.35. The number of benzene rings is 1. The lowest BCUT2D eigenvalue weighted by Gasteiger charge is -2.19. The standard InChI is InChI=1S/C20H25N3O3S/c1-5-26-15-9-7-6-8-14(15)21-17(24)10-13-12-27-19-22-16(20(2,3)4)11-18(25)23(13)19/h6-9,11,13H,5,10,12H2,1-4H3,(H,21,24). The van der Waals surface area contributed by atoms with E-state index in [-0.39, 0.29) is 29.3 Å². The Kier molecular flexibility index (Phi) is 5.60. The average Bonchev–Trinajstić information content (AvgIpc) is 2.99. The van der Waals surface area contributed by atoms with Gasteiger partial charge in [-0.2, -0.15) is 0 Å². The first-order valence-electron chi connectivity index (χ1n) is 9.08. The summed E-state index contributed by atoms with van der Waals surface area (Å²) in [5, 5.41) is 3.59. The molecule has 1 aromatic carbocycles. The summed E-state index contributed by atoms with van der Waals surface area (Å²) in [6.45, 7) is 8.53. The van der Waals surface area contributed by atoms with Gasteiger partial charge >= 0.3 is 0 Å². The minimum atomic E-state index is -0.196. The molecule has 6 nitrogen and oxygen atoms in total. The van der Waals surface area contributed by atoms with E-state index >= 15 is 0 Å². The molecule has 2 heterocycles. The molecule has 2 aromatic rings. The van der Waals surface area contributed by atoms with E-state index in [9.17, 15) is 9.59 Å². The summed E-state index contributed by atoms with van der Waals surface area (Å²) >= 11 is 1.53. The van der Waals surface area contributed by atoms with E-state index in [1.54, 1.807) is 10.6 Å². The van der Waals surface area contributed by atoms with Crippen molar-refractivity contribution in [2.75, 3.05) is 17.7 Å². The molecular formula is C20H25N3O3S. The number of nitrogens with zero attached hydrogens (tertiary/aromatic N) is 2. The predicted octanol–water partition coefficient (Wildman–Crippen LogP) is 3.62. The molecule has 0 saturated heterocycles. The lowest BCUT2D eigenvalue weighted by molar-refractivity contribution is -0.116. The van der Waals surface area contributed by atoms with Crippen LogP contribution in [0.4, 0.5) is 5.69 Å². The molecule has 144 valence electrons. The van der Waals surface area contributed by atoms with E-state index < -0.39 is 0 Å². The Morgan fingerprint density at radius 2 is 2.11 bits per heavy atom. The van der Waals surface area contributed by atoms with Gasteiger partial charge in [0.2, 0.25) is 5.91 Å². The molecule has 1 N–H and O–H groups in total. The fourth-order valence-electron chi connectivity index (χ4n) is 2.95. The summed E-state index contributed by atoms with van der Waals surface area (Å²) in [4.78, 5) is 29.8. The SMILES string of the molecule is CCOc1ccccc1NC(=O)CC1CSc2nc(C(C)(C)C)cc(=O)n21. The summed E-state index contributed by atoms with van der Waals surface area (Å²) in [6, 6.07) is 8.73. The zero-order valence-corrected chi connectivity index (χ0v) is 16.9. The van der Waals surface area contributed by atoms with Gasteiger partial charge in [0.25, 0.3) is 5.56 Å². The Labute approximate surface area is 163 Å². The summed E-state index contributed by atoms with van der Waals surface area (Å²) in [5.41, 5.74) is 1.14. The van der Waals surface area contributed by atoms with Crippen LogP contribution in [0.1, 0.15) is 45.9 Å². The molecule has 1 atom stereocenters. The van der Waals surface area contributed by atoms with Gasteiger partial charge in [0.05, 0.1) is 24.0 Å². The maximum atomic E-state index is 12.6. The molecule has 7 heteroatoms. The molecule has 1 aromatic heterocycles. The number of rotatable bonds is 5. The number of para-hydroxylation sites is 2. The van der Waals surface area contributed by atoms with Gasteiger partial charge in [0.15, 0.2) is 5.16 Å². The van der Waals surface area contributed by atoms with Crippen molar-refractivity contribution in [2.24, 2.45) is 0 Å². The maximum Gasteiger partial charge on any atom is 0.254 e. The van der Waals surface area contributed by atoms with Gasteiger partial charge in [-0.3, -0.25) is 14.2 Å². The number of carbonyl (C=O) groups excluding carboxylic acids is 1. The number of hydrogen-bond acceptors (Lipinski definition) is 5. The monoisotopic (exact) mass is 387 g/mol. The number of anilines is 1. The Morgan fingerprint density at radius 1 is 1.37 bits per heavy atom. The lowest BCUT2D eigenvalue weighted by atomic mass is 9.92. The summed E-state index contributed by atoms with van der Waals surface area (Å²) in [6.07, 6.45) is 0.219. The average molecular weight is 388 g/mol. The topological polar surface area (TPSA) is 73.2 Å². The highest BCUT2D eigenvalue weighted by Crippen LogP contribution is 2.34. The summed E-state index contributed by atoms with van der Waals surface area (Å²) in [7, 11) is 0. The van der Waals surface area contributed by atoms with Crippen LogP contribution < -0.4 is 15.6 Å². The quantitative estimate of drug-likeness (QED) is 0.794. The van der Waals surface area contributed by atoms with Gasteiger partial charge in [-0.15, -0.1) is 0 Å². The number of aromatic nitrogens is 2. The highest BCUT2D eigenvalue weighted by atomic mass is 32.2. The zero-order valence-electron chi connectivity index (χ0n) is 16.1. The second kappa shape index (κ2) is 7.76. The van der Waals surface area contributed by atoms with Gasteiger partial charge in [-0.1, -0.05) is 44.7 Å². The third-order valence-corrected chi connectivity index (χ3v) is 5.44. The van der Waals surface area contributed by atoms with Crippen LogP contribution in [-0.4, -0.2) is 27.8 Å². The normalized spacial score (nSPS) is 16.1. The molecule has 3 rings (SSSR count). The van der Waals surface area contributed by atoms with Gasteiger partial charge in [-0.25, -0.2) is 4.98 Å². The highest BCUT2D eigenvalue weighted by Gasteiger charge is 2.29. The first-order chi connectivity index (χ1) is 12.8. The minimum Gasteiger partial charge on any atom is -0.492 e. The van der Waals surface area contributed by atoms with Crippen LogP contribution in [-0.2, 0) is 10.2 Å². The largest absolute Gasteiger partial charge is 0.492 e. The molecular weight excluding hydrogens is 362 g/mol. The van der Waals surface area contributed by atoms with E-state index in [0.29, 0.717) is 29.0 Å². The molecule has 1 amide bonds. The first kappa shape index (κ1) is 19.5. The van der Waals surface area contributed by atoms with Crippen molar-refractivity contribution in [3.63, 3.8) is 0 Å². The van der Waals surface area contributed by atoms with Gasteiger partial charge < -0.3 is 10.1 Å². The van der Waals surface area contributed by atoms with Gasteiger partial charge in [0, 0.05) is 23.7 Å². The predicted molar refractivity (Wildman–Crippen MR) is 108 cm³/mol. The number of nitrogens with one attached hydrogen (secondary N) is 1. The number of amides is 1. The van der Waals surface area contributed by atoms with Crippen molar-refractivity contribution in [3.8, 4) is 5.75 Å². The molecule has 27 heavy (non-hydrogen) atoms. The van der Waals surface area contributed by atoms with Crippen LogP contribution in [0.5, 0.6) is 5.75 Å². The number of carbonyl (C=O) groups is 1. The Balaban J connectivity index is 1.76. The summed E-state index contributed by atoms with van der Waals surface area (Å²) < 4.78 is 7.19. The first-order valence-corrected chi connectivity index (χ1v) is 10.1. The van der Waals surface area contributed by atoms with Crippen molar-refractivity contribution in [3.05, 3.63) is 46.4 Å². The molecule has 0 fully saturated rings. The van der Waals surface area contributed by atoms with E-state index in [2.05, 4.69) is 10.3 Å². The molecule has 0 radical (unpaired) electrons. The van der Waals surface area contributed by atoms with Crippen LogP contribution in [0.15, 0.2) is 40.3 Å². The summed E-state index contributed by atoms with van der Waals surface area (Å²) in [5.74, 6) is 1.16. The van der Waals surface area contributed by atoms with Crippen molar-refractivity contribution in [1.82, 2.24) is 9.55 Å². The molecule has 0 aliphatic carbocycles. The molecule has 1 aliphatic rings. The van der Waals surface area contributed by atoms with Gasteiger partial charge in [-0.05, 0) is 19.1 Å². The van der Waals surface area contributed by atoms with E-state index in [0.717, 1.165) is 5.69 Å². The van der Waals surface area contributed by atoms with Crippen LogP contribution in [0.2, 0.25) is 0 Å². The smallest absolute Gasteiger partial charge is 0.254 e. The number of ether oxygens (including phenoxy) is 1. The van der Waals surface area contributed by atoms with E-state index in [1.165, 1.54) is 11.8 Å². The van der Waals surface area contributed by atoms with Crippen molar-refractivity contribution in [1.29, 1.82) is 0 Å². The Bertz CT molecular complexity index is 902. The molecule has 1 aliphatic heterocycles. The highest BCUT2D eigenvalue weighted by molar-refractivity contribution is 7.99. The second-order valence-corrected chi connectivity index (χ2v) is 8.52.